The first kappa shape index (κ1) is 12.9. The number of nitrogens with zero attached hydrogens (tertiary/aromatic N) is 2. The van der Waals surface area contributed by atoms with E-state index in [2.05, 4.69) is 31.9 Å². The lowest BCUT2D eigenvalue weighted by molar-refractivity contribution is 0.129. The van der Waals surface area contributed by atoms with Crippen molar-refractivity contribution in [1.29, 1.82) is 0 Å². The first-order chi connectivity index (χ1) is 9.19. The SMILES string of the molecule is COCC1(C2CC2)CN=C(N)N1c1ccccc1Br. The summed E-state index contributed by atoms with van der Waals surface area (Å²) in [5.41, 5.74) is 7.12. The third-order valence-electron chi connectivity index (χ3n) is 4.01. The van der Waals surface area contributed by atoms with Crippen molar-refractivity contribution in [1.82, 2.24) is 0 Å². The van der Waals surface area contributed by atoms with Crippen LogP contribution in [-0.4, -0.2) is 31.8 Å². The molecule has 2 N–H and O–H groups in total. The smallest absolute Gasteiger partial charge is 0.196 e. The average molecular weight is 324 g/mol. The molecule has 2 aliphatic rings. The molecule has 0 bridgehead atoms. The van der Waals surface area contributed by atoms with E-state index in [-0.39, 0.29) is 5.54 Å². The van der Waals surface area contributed by atoms with Gasteiger partial charge in [0.05, 0.1) is 24.4 Å². The second-order valence-corrected chi connectivity index (χ2v) is 6.13. The minimum Gasteiger partial charge on any atom is -0.382 e. The molecule has 5 heteroatoms. The summed E-state index contributed by atoms with van der Waals surface area (Å²) in [5, 5.41) is 0. The Morgan fingerprint density at radius 1 is 1.47 bits per heavy atom. The van der Waals surface area contributed by atoms with Gasteiger partial charge in [0.25, 0.3) is 0 Å². The Kier molecular flexibility index (Phi) is 3.27. The molecule has 0 amide bonds. The Labute approximate surface area is 121 Å². The van der Waals surface area contributed by atoms with Crippen molar-refractivity contribution in [3.8, 4) is 0 Å². The fourth-order valence-corrected chi connectivity index (χ4v) is 3.46. The van der Waals surface area contributed by atoms with Gasteiger partial charge in [0.15, 0.2) is 5.96 Å². The van der Waals surface area contributed by atoms with E-state index in [4.69, 9.17) is 10.5 Å². The second-order valence-electron chi connectivity index (χ2n) is 5.27. The molecule has 1 aromatic rings. The van der Waals surface area contributed by atoms with Crippen molar-refractivity contribution in [3.05, 3.63) is 28.7 Å². The molecule has 0 spiro atoms. The second kappa shape index (κ2) is 4.80. The number of methoxy groups -OCH3 is 1. The number of hydrogen-bond donors (Lipinski definition) is 1. The number of ether oxygens (including phenoxy) is 1. The first-order valence-electron chi connectivity index (χ1n) is 6.52. The highest BCUT2D eigenvalue weighted by atomic mass is 79.9. The third kappa shape index (κ3) is 2.05. The van der Waals surface area contributed by atoms with E-state index in [1.54, 1.807) is 7.11 Å². The van der Waals surface area contributed by atoms with Crippen molar-refractivity contribution in [2.75, 3.05) is 25.2 Å². The number of halogens is 1. The largest absolute Gasteiger partial charge is 0.382 e. The van der Waals surface area contributed by atoms with Gasteiger partial charge in [-0.05, 0) is 46.8 Å². The maximum atomic E-state index is 6.15. The molecule has 1 aromatic carbocycles. The number of para-hydroxylation sites is 1. The molecule has 0 saturated heterocycles. The zero-order valence-electron chi connectivity index (χ0n) is 11.0. The highest BCUT2D eigenvalue weighted by Crippen LogP contribution is 2.48. The van der Waals surface area contributed by atoms with E-state index in [1.165, 1.54) is 12.8 Å². The number of aliphatic imine (C=N–C) groups is 1. The van der Waals surface area contributed by atoms with Crippen LogP contribution in [0.2, 0.25) is 0 Å². The van der Waals surface area contributed by atoms with Gasteiger partial charge in [-0.25, -0.2) is 0 Å². The summed E-state index contributed by atoms with van der Waals surface area (Å²) in [4.78, 5) is 6.65. The average Bonchev–Trinajstić information content (AvgIpc) is 3.19. The predicted octanol–water partition coefficient (Wildman–Crippen LogP) is 2.38. The molecule has 1 unspecified atom stereocenters. The molecule has 0 aromatic heterocycles. The van der Waals surface area contributed by atoms with Gasteiger partial charge in [-0.3, -0.25) is 4.99 Å². The van der Waals surface area contributed by atoms with Crippen LogP contribution in [0.1, 0.15) is 12.8 Å². The standard InChI is InChI=1S/C14H18BrN3O/c1-19-9-14(10-6-7-10)8-17-13(16)18(14)12-5-3-2-4-11(12)15/h2-5,10H,6-9H2,1H3,(H2,16,17). The Hall–Kier alpha value is -1.07. The molecule has 1 fully saturated rings. The lowest BCUT2D eigenvalue weighted by atomic mass is 9.92. The van der Waals surface area contributed by atoms with E-state index < -0.39 is 0 Å². The number of guanidine groups is 1. The maximum Gasteiger partial charge on any atom is 0.196 e. The highest BCUT2D eigenvalue weighted by Gasteiger charge is 2.53. The normalized spacial score (nSPS) is 26.6. The summed E-state index contributed by atoms with van der Waals surface area (Å²) in [6, 6.07) is 8.14. The van der Waals surface area contributed by atoms with Crippen LogP contribution >= 0.6 is 15.9 Å². The number of benzene rings is 1. The van der Waals surface area contributed by atoms with Gasteiger partial charge in [-0.2, -0.15) is 0 Å². The van der Waals surface area contributed by atoms with Gasteiger partial charge in [0, 0.05) is 11.6 Å². The third-order valence-corrected chi connectivity index (χ3v) is 4.68. The predicted molar refractivity (Wildman–Crippen MR) is 80.4 cm³/mol. The van der Waals surface area contributed by atoms with Crippen LogP contribution in [0.5, 0.6) is 0 Å². The van der Waals surface area contributed by atoms with Crippen LogP contribution in [0.4, 0.5) is 5.69 Å². The highest BCUT2D eigenvalue weighted by molar-refractivity contribution is 9.10. The van der Waals surface area contributed by atoms with E-state index in [9.17, 15) is 0 Å². The van der Waals surface area contributed by atoms with Crippen molar-refractivity contribution in [3.63, 3.8) is 0 Å². The molecule has 1 atom stereocenters. The van der Waals surface area contributed by atoms with E-state index in [0.717, 1.165) is 16.7 Å². The quantitative estimate of drug-likeness (QED) is 0.925. The van der Waals surface area contributed by atoms with Crippen LogP contribution in [0, 0.1) is 5.92 Å². The lowest BCUT2D eigenvalue weighted by Crippen LogP contribution is -2.56. The van der Waals surface area contributed by atoms with Crippen LogP contribution in [0.25, 0.3) is 0 Å². The van der Waals surface area contributed by atoms with Crippen molar-refractivity contribution >= 4 is 27.6 Å². The maximum absolute atomic E-state index is 6.15. The number of rotatable bonds is 4. The molecule has 1 heterocycles. The molecule has 1 aliphatic carbocycles. The van der Waals surface area contributed by atoms with E-state index >= 15 is 0 Å². The Morgan fingerprint density at radius 3 is 2.84 bits per heavy atom. The van der Waals surface area contributed by atoms with Crippen molar-refractivity contribution in [2.24, 2.45) is 16.6 Å². The molecule has 1 aliphatic heterocycles. The molecule has 19 heavy (non-hydrogen) atoms. The van der Waals surface area contributed by atoms with Crippen LogP contribution in [0.3, 0.4) is 0 Å². The van der Waals surface area contributed by atoms with Gasteiger partial charge in [-0.15, -0.1) is 0 Å². The molecule has 1 saturated carbocycles. The summed E-state index contributed by atoms with van der Waals surface area (Å²) in [6.07, 6.45) is 2.46. The summed E-state index contributed by atoms with van der Waals surface area (Å²) < 4.78 is 6.52. The molecule has 4 nitrogen and oxygen atoms in total. The fraction of sp³-hybridized carbons (Fsp3) is 0.500. The van der Waals surface area contributed by atoms with Gasteiger partial charge in [0.1, 0.15) is 0 Å². The molecular formula is C14H18BrN3O. The summed E-state index contributed by atoms with van der Waals surface area (Å²) in [5.74, 6) is 1.21. The van der Waals surface area contributed by atoms with Crippen LogP contribution in [-0.2, 0) is 4.74 Å². The summed E-state index contributed by atoms with van der Waals surface area (Å²) in [6.45, 7) is 1.38. The Morgan fingerprint density at radius 2 is 2.21 bits per heavy atom. The molecule has 0 radical (unpaired) electrons. The number of anilines is 1. The van der Waals surface area contributed by atoms with Crippen molar-refractivity contribution in [2.45, 2.75) is 18.4 Å². The van der Waals surface area contributed by atoms with Crippen LogP contribution < -0.4 is 10.6 Å². The minimum atomic E-state index is -0.108. The molecule has 3 rings (SSSR count). The monoisotopic (exact) mass is 323 g/mol. The summed E-state index contributed by atoms with van der Waals surface area (Å²) >= 11 is 3.61. The van der Waals surface area contributed by atoms with Crippen molar-refractivity contribution < 1.29 is 4.74 Å². The van der Waals surface area contributed by atoms with Gasteiger partial charge < -0.3 is 15.4 Å². The number of hydrogen-bond acceptors (Lipinski definition) is 4. The molecular weight excluding hydrogens is 306 g/mol. The minimum absolute atomic E-state index is 0.108. The zero-order valence-corrected chi connectivity index (χ0v) is 12.6. The van der Waals surface area contributed by atoms with Gasteiger partial charge in [-0.1, -0.05) is 12.1 Å². The van der Waals surface area contributed by atoms with Gasteiger partial charge >= 0.3 is 0 Å². The lowest BCUT2D eigenvalue weighted by Gasteiger charge is -2.39. The topological polar surface area (TPSA) is 50.9 Å². The van der Waals surface area contributed by atoms with Crippen LogP contribution in [0.15, 0.2) is 33.7 Å². The Balaban J connectivity index is 2.04. The first-order valence-corrected chi connectivity index (χ1v) is 7.32. The molecule has 102 valence electrons. The summed E-state index contributed by atoms with van der Waals surface area (Å²) in [7, 11) is 1.75. The van der Waals surface area contributed by atoms with Gasteiger partial charge in [0.2, 0.25) is 0 Å². The fourth-order valence-electron chi connectivity index (χ4n) is 2.99. The van der Waals surface area contributed by atoms with E-state index in [0.29, 0.717) is 18.5 Å². The van der Waals surface area contributed by atoms with E-state index in [1.807, 2.05) is 18.2 Å². The zero-order chi connectivity index (χ0) is 13.5. The number of nitrogens with two attached hydrogens (primary N) is 1. The Bertz CT molecular complexity index is 515.